The van der Waals surface area contributed by atoms with Crippen molar-refractivity contribution < 1.29 is 38.0 Å². The number of methoxy groups -OCH3 is 6. The van der Waals surface area contributed by atoms with Gasteiger partial charge >= 0.3 is 11.9 Å². The predicted octanol–water partition coefficient (Wildman–Crippen LogP) is 3.24. The first-order valence-corrected chi connectivity index (χ1v) is 10.5. The van der Waals surface area contributed by atoms with Gasteiger partial charge in [0.05, 0.1) is 42.7 Å². The zero-order valence-electron chi connectivity index (χ0n) is 20.6. The Labute approximate surface area is 205 Å². The lowest BCUT2D eigenvalue weighted by Crippen LogP contribution is -2.40. The Balaban J connectivity index is 2.39. The Hall–Kier alpha value is -4.30. The Kier molecular flexibility index (Phi) is 9.86. The maximum absolute atomic E-state index is 12.8. The molecule has 0 unspecified atom stereocenters. The number of hydrogen-bond acceptors (Lipinski definition) is 8. The first kappa shape index (κ1) is 26.9. The van der Waals surface area contributed by atoms with Gasteiger partial charge in [-0.2, -0.15) is 0 Å². The molecule has 8 nitrogen and oxygen atoms in total. The molecule has 8 heteroatoms. The molecule has 0 aromatic heterocycles. The van der Waals surface area contributed by atoms with Gasteiger partial charge in [-0.3, -0.25) is 9.59 Å². The molecule has 0 fully saturated rings. The van der Waals surface area contributed by atoms with Crippen LogP contribution in [0.15, 0.2) is 36.4 Å². The number of ether oxygens (including phenoxy) is 6. The normalized spacial score (nSPS) is 10.0. The SMILES string of the molecule is COC(=O)C(CC#Cc1ccc(OC)c(OC)c1)(CC#Cc1ccc(OC)c(OC)c1)C(=O)OC. The summed E-state index contributed by atoms with van der Waals surface area (Å²) >= 11 is 0. The van der Waals surface area contributed by atoms with E-state index < -0.39 is 17.4 Å². The molecule has 0 aliphatic heterocycles. The molecule has 0 aliphatic carbocycles. The van der Waals surface area contributed by atoms with E-state index in [-0.39, 0.29) is 12.8 Å². The number of esters is 2. The van der Waals surface area contributed by atoms with Crippen molar-refractivity contribution in [3.05, 3.63) is 47.5 Å². The fraction of sp³-hybridized carbons (Fsp3) is 0.333. The van der Waals surface area contributed by atoms with Crippen LogP contribution in [0.3, 0.4) is 0 Å². The highest BCUT2D eigenvalue weighted by Crippen LogP contribution is 2.31. The van der Waals surface area contributed by atoms with Crippen LogP contribution in [0.25, 0.3) is 0 Å². The first-order valence-electron chi connectivity index (χ1n) is 10.5. The van der Waals surface area contributed by atoms with Crippen LogP contribution >= 0.6 is 0 Å². The molecule has 2 aromatic rings. The molecule has 2 aromatic carbocycles. The fourth-order valence-corrected chi connectivity index (χ4v) is 3.25. The highest BCUT2D eigenvalue weighted by Gasteiger charge is 2.47. The van der Waals surface area contributed by atoms with Gasteiger partial charge in [-0.05, 0) is 36.4 Å². The molecule has 0 aliphatic rings. The largest absolute Gasteiger partial charge is 0.493 e. The molecule has 0 amide bonds. The monoisotopic (exact) mass is 480 g/mol. The maximum Gasteiger partial charge on any atom is 0.325 e. The number of carbonyl (C=O) groups is 2. The summed E-state index contributed by atoms with van der Waals surface area (Å²) in [5.41, 5.74) is -0.498. The lowest BCUT2D eigenvalue weighted by Gasteiger charge is -2.24. The average Bonchev–Trinajstić information content (AvgIpc) is 2.90. The second kappa shape index (κ2) is 12.8. The molecule has 35 heavy (non-hydrogen) atoms. The summed E-state index contributed by atoms with van der Waals surface area (Å²) in [5.74, 6) is 12.2. The van der Waals surface area contributed by atoms with E-state index in [2.05, 4.69) is 23.7 Å². The van der Waals surface area contributed by atoms with E-state index in [0.717, 1.165) is 0 Å². The van der Waals surface area contributed by atoms with Crippen LogP contribution in [0.5, 0.6) is 23.0 Å². The Morgan fingerprint density at radius 3 is 1.31 bits per heavy atom. The lowest BCUT2D eigenvalue weighted by atomic mass is 9.81. The van der Waals surface area contributed by atoms with Crippen molar-refractivity contribution >= 4 is 11.9 Å². The zero-order chi connectivity index (χ0) is 25.8. The quantitative estimate of drug-likeness (QED) is 0.323. The summed E-state index contributed by atoms with van der Waals surface area (Å²) in [5, 5.41) is 0. The van der Waals surface area contributed by atoms with Gasteiger partial charge in [0.25, 0.3) is 0 Å². The van der Waals surface area contributed by atoms with Crippen LogP contribution in [-0.4, -0.2) is 54.6 Å². The Morgan fingerprint density at radius 1 is 0.629 bits per heavy atom. The summed E-state index contributed by atoms with van der Waals surface area (Å²) in [6.07, 6.45) is -0.331. The van der Waals surface area contributed by atoms with Crippen molar-refractivity contribution in [2.75, 3.05) is 42.7 Å². The second-order valence-electron chi connectivity index (χ2n) is 7.16. The molecular formula is C27H28O8. The lowest BCUT2D eigenvalue weighted by molar-refractivity contribution is -0.168. The minimum absolute atomic E-state index is 0.165. The smallest absolute Gasteiger partial charge is 0.325 e. The summed E-state index contributed by atoms with van der Waals surface area (Å²) in [6, 6.07) is 10.3. The van der Waals surface area contributed by atoms with E-state index in [1.807, 2.05) is 0 Å². The standard InChI is InChI=1S/C27H28O8/c1-30-21-13-11-19(17-23(21)32-3)9-7-15-27(25(28)34-5,26(29)35-6)16-8-10-20-12-14-22(31-2)24(18-20)33-4/h11-14,17-18H,15-16H2,1-6H3. The molecule has 0 saturated heterocycles. The second-order valence-corrected chi connectivity index (χ2v) is 7.16. The Bertz CT molecular complexity index is 1080. The van der Waals surface area contributed by atoms with Crippen LogP contribution in [-0.2, 0) is 19.1 Å². The molecule has 0 spiro atoms. The van der Waals surface area contributed by atoms with Gasteiger partial charge in [-0.15, -0.1) is 0 Å². The number of carbonyl (C=O) groups excluding carboxylic acids is 2. The number of benzene rings is 2. The minimum atomic E-state index is -1.73. The van der Waals surface area contributed by atoms with Gasteiger partial charge in [0, 0.05) is 24.0 Å². The average molecular weight is 481 g/mol. The fourth-order valence-electron chi connectivity index (χ4n) is 3.25. The molecule has 0 atom stereocenters. The van der Waals surface area contributed by atoms with Crippen LogP contribution in [0, 0.1) is 29.1 Å². The zero-order valence-corrected chi connectivity index (χ0v) is 20.6. The molecule has 2 rings (SSSR count). The first-order chi connectivity index (χ1) is 16.9. The molecule has 184 valence electrons. The molecule has 0 saturated carbocycles. The van der Waals surface area contributed by atoms with Gasteiger partial charge in [0.15, 0.2) is 28.4 Å². The van der Waals surface area contributed by atoms with Gasteiger partial charge in [0.2, 0.25) is 0 Å². The highest BCUT2D eigenvalue weighted by atomic mass is 16.5. The van der Waals surface area contributed by atoms with Gasteiger partial charge in [-0.25, -0.2) is 0 Å². The van der Waals surface area contributed by atoms with Crippen molar-refractivity contribution in [2.45, 2.75) is 12.8 Å². The Morgan fingerprint density at radius 2 is 1.00 bits per heavy atom. The third-order valence-corrected chi connectivity index (χ3v) is 5.17. The summed E-state index contributed by atoms with van der Waals surface area (Å²) < 4.78 is 30.9. The molecule has 0 N–H and O–H groups in total. The summed E-state index contributed by atoms with van der Waals surface area (Å²) in [7, 11) is 8.51. The van der Waals surface area contributed by atoms with Crippen LogP contribution < -0.4 is 18.9 Å². The summed E-state index contributed by atoms with van der Waals surface area (Å²) in [6.45, 7) is 0. The van der Waals surface area contributed by atoms with E-state index in [1.54, 1.807) is 36.4 Å². The number of hydrogen-bond donors (Lipinski definition) is 0. The third kappa shape index (κ3) is 6.39. The highest BCUT2D eigenvalue weighted by molar-refractivity contribution is 6.00. The molecule has 0 heterocycles. The van der Waals surface area contributed by atoms with Crippen molar-refractivity contribution in [2.24, 2.45) is 5.41 Å². The van der Waals surface area contributed by atoms with Crippen molar-refractivity contribution in [1.29, 1.82) is 0 Å². The van der Waals surface area contributed by atoms with Crippen LogP contribution in [0.2, 0.25) is 0 Å². The predicted molar refractivity (Wildman–Crippen MR) is 129 cm³/mol. The van der Waals surface area contributed by atoms with Crippen LogP contribution in [0.1, 0.15) is 24.0 Å². The maximum atomic E-state index is 12.8. The molecule has 0 radical (unpaired) electrons. The topological polar surface area (TPSA) is 89.5 Å². The summed E-state index contributed by atoms with van der Waals surface area (Å²) in [4.78, 5) is 25.5. The van der Waals surface area contributed by atoms with Gasteiger partial charge in [0.1, 0.15) is 0 Å². The van der Waals surface area contributed by atoms with E-state index >= 15 is 0 Å². The van der Waals surface area contributed by atoms with Gasteiger partial charge < -0.3 is 28.4 Å². The van der Waals surface area contributed by atoms with Crippen molar-refractivity contribution in [3.63, 3.8) is 0 Å². The van der Waals surface area contributed by atoms with E-state index in [1.165, 1.54) is 42.7 Å². The van der Waals surface area contributed by atoms with E-state index in [0.29, 0.717) is 34.1 Å². The van der Waals surface area contributed by atoms with E-state index in [4.69, 9.17) is 28.4 Å². The van der Waals surface area contributed by atoms with Crippen LogP contribution in [0.4, 0.5) is 0 Å². The number of rotatable bonds is 8. The molecular weight excluding hydrogens is 452 g/mol. The van der Waals surface area contributed by atoms with Crippen molar-refractivity contribution in [3.8, 4) is 46.7 Å². The van der Waals surface area contributed by atoms with E-state index in [9.17, 15) is 9.59 Å². The third-order valence-electron chi connectivity index (χ3n) is 5.17. The van der Waals surface area contributed by atoms with Gasteiger partial charge in [-0.1, -0.05) is 23.7 Å². The molecule has 0 bridgehead atoms. The minimum Gasteiger partial charge on any atom is -0.493 e. The van der Waals surface area contributed by atoms with Crippen molar-refractivity contribution in [1.82, 2.24) is 0 Å².